The molecule has 0 aliphatic carbocycles. The summed E-state index contributed by atoms with van der Waals surface area (Å²) in [7, 11) is 0. The second kappa shape index (κ2) is 7.19. The molecular weight excluding hydrogens is 328 g/mol. The number of carbonyl (C=O) groups excluding carboxylic acids is 1. The molecule has 0 aromatic heterocycles. The van der Waals surface area contributed by atoms with Gasteiger partial charge >= 0.3 is 5.97 Å². The van der Waals surface area contributed by atoms with Crippen LogP contribution in [0.4, 0.5) is 8.78 Å². The number of benzene rings is 2. The van der Waals surface area contributed by atoms with Crippen LogP contribution in [0.25, 0.3) is 0 Å². The number of halogens is 3. The molecule has 1 amide bonds. The van der Waals surface area contributed by atoms with Gasteiger partial charge in [-0.05, 0) is 23.8 Å². The van der Waals surface area contributed by atoms with E-state index in [9.17, 15) is 23.5 Å². The lowest BCUT2D eigenvalue weighted by molar-refractivity contribution is -0.139. The highest BCUT2D eigenvalue weighted by Crippen LogP contribution is 2.17. The summed E-state index contributed by atoms with van der Waals surface area (Å²) in [5.74, 6) is -4.01. The van der Waals surface area contributed by atoms with E-state index in [1.807, 2.05) is 0 Å². The van der Waals surface area contributed by atoms with Crippen molar-refractivity contribution in [1.82, 2.24) is 5.32 Å². The van der Waals surface area contributed by atoms with Crippen LogP contribution in [0, 0.1) is 11.6 Å². The molecule has 0 aliphatic rings. The number of hydrogen-bond acceptors (Lipinski definition) is 2. The van der Waals surface area contributed by atoms with E-state index in [2.05, 4.69) is 5.32 Å². The Morgan fingerprint density at radius 1 is 1.13 bits per heavy atom. The minimum atomic E-state index is -1.28. The van der Waals surface area contributed by atoms with E-state index >= 15 is 0 Å². The first-order valence-electron chi connectivity index (χ1n) is 6.60. The van der Waals surface area contributed by atoms with Crippen molar-refractivity contribution in [2.75, 3.05) is 0 Å². The minimum absolute atomic E-state index is 0.0570. The molecule has 120 valence electrons. The Morgan fingerprint density at radius 3 is 2.30 bits per heavy atom. The lowest BCUT2D eigenvalue weighted by Gasteiger charge is -2.15. The third-order valence-corrected chi connectivity index (χ3v) is 3.48. The van der Waals surface area contributed by atoms with Crippen LogP contribution in [0.2, 0.25) is 5.02 Å². The maximum absolute atomic E-state index is 13.1. The van der Waals surface area contributed by atoms with Crippen LogP contribution in [0.15, 0.2) is 42.5 Å². The van der Waals surface area contributed by atoms with E-state index in [0.717, 1.165) is 12.1 Å². The van der Waals surface area contributed by atoms with Gasteiger partial charge in [0.25, 0.3) is 5.91 Å². The molecule has 2 aromatic rings. The van der Waals surface area contributed by atoms with Gasteiger partial charge in [0, 0.05) is 23.1 Å². The lowest BCUT2D eigenvalue weighted by Crippen LogP contribution is -2.42. The van der Waals surface area contributed by atoms with Gasteiger partial charge in [0.05, 0.1) is 0 Å². The first-order valence-corrected chi connectivity index (χ1v) is 6.98. The van der Waals surface area contributed by atoms with Gasteiger partial charge in [0.2, 0.25) is 0 Å². The average Bonchev–Trinajstić information content (AvgIpc) is 2.47. The number of carbonyl (C=O) groups is 2. The fourth-order valence-corrected chi connectivity index (χ4v) is 2.22. The molecule has 2 N–H and O–H groups in total. The first-order chi connectivity index (χ1) is 10.9. The van der Waals surface area contributed by atoms with Crippen LogP contribution in [0.1, 0.15) is 15.9 Å². The van der Waals surface area contributed by atoms with Crippen molar-refractivity contribution in [3.8, 4) is 0 Å². The van der Waals surface area contributed by atoms with Gasteiger partial charge in [0.15, 0.2) is 0 Å². The number of carboxylic acids is 1. The topological polar surface area (TPSA) is 66.4 Å². The Morgan fingerprint density at radius 2 is 1.74 bits per heavy atom. The number of carboxylic acid groups (broad SMARTS) is 1. The van der Waals surface area contributed by atoms with Gasteiger partial charge < -0.3 is 10.4 Å². The average molecular weight is 340 g/mol. The summed E-state index contributed by atoms with van der Waals surface area (Å²) in [6, 6.07) is 7.59. The predicted octanol–water partition coefficient (Wildman–Crippen LogP) is 3.04. The number of hydrogen-bond donors (Lipinski definition) is 2. The number of amides is 1. The molecule has 0 saturated carbocycles. The summed E-state index contributed by atoms with van der Waals surface area (Å²) in [4.78, 5) is 23.3. The summed E-state index contributed by atoms with van der Waals surface area (Å²) >= 11 is 5.96. The Labute approximate surface area is 135 Å². The number of rotatable bonds is 5. The molecule has 0 saturated heterocycles. The van der Waals surface area contributed by atoms with Crippen LogP contribution >= 0.6 is 11.6 Å². The van der Waals surface area contributed by atoms with Gasteiger partial charge in [-0.2, -0.15) is 0 Å². The van der Waals surface area contributed by atoms with Crippen LogP contribution < -0.4 is 5.32 Å². The zero-order valence-electron chi connectivity index (χ0n) is 11.7. The monoisotopic (exact) mass is 339 g/mol. The summed E-state index contributed by atoms with van der Waals surface area (Å²) < 4.78 is 26.3. The van der Waals surface area contributed by atoms with E-state index in [1.54, 1.807) is 24.3 Å². The van der Waals surface area contributed by atoms with Gasteiger partial charge in [0.1, 0.15) is 17.7 Å². The van der Waals surface area contributed by atoms with E-state index in [-0.39, 0.29) is 12.0 Å². The third kappa shape index (κ3) is 4.50. The van der Waals surface area contributed by atoms with Crippen molar-refractivity contribution >= 4 is 23.5 Å². The molecule has 0 heterocycles. The summed E-state index contributed by atoms with van der Waals surface area (Å²) in [5.41, 5.74) is 0.236. The van der Waals surface area contributed by atoms with Crippen molar-refractivity contribution in [1.29, 1.82) is 0 Å². The summed E-state index contributed by atoms with van der Waals surface area (Å²) in [5, 5.41) is 11.8. The van der Waals surface area contributed by atoms with Crippen molar-refractivity contribution in [3.05, 3.63) is 70.2 Å². The lowest BCUT2D eigenvalue weighted by atomic mass is 10.1. The van der Waals surface area contributed by atoms with Crippen LogP contribution in [0.3, 0.4) is 0 Å². The zero-order valence-corrected chi connectivity index (χ0v) is 12.5. The number of nitrogens with one attached hydrogen (secondary N) is 1. The fourth-order valence-electron chi connectivity index (χ4n) is 2.01. The Bertz CT molecular complexity index is 732. The molecule has 0 spiro atoms. The van der Waals surface area contributed by atoms with Gasteiger partial charge in [-0.15, -0.1) is 0 Å². The van der Waals surface area contributed by atoms with Crippen LogP contribution in [-0.4, -0.2) is 23.0 Å². The smallest absolute Gasteiger partial charge is 0.326 e. The Balaban J connectivity index is 2.18. The number of aliphatic carboxylic acids is 1. The maximum atomic E-state index is 13.1. The predicted molar refractivity (Wildman–Crippen MR) is 80.4 cm³/mol. The molecule has 2 rings (SSSR count). The van der Waals surface area contributed by atoms with E-state index in [4.69, 9.17) is 11.6 Å². The summed E-state index contributed by atoms with van der Waals surface area (Å²) in [6.45, 7) is 0. The van der Waals surface area contributed by atoms with Crippen molar-refractivity contribution in [2.45, 2.75) is 12.5 Å². The Hall–Kier alpha value is -2.47. The van der Waals surface area contributed by atoms with Gasteiger partial charge in [-0.1, -0.05) is 29.8 Å². The van der Waals surface area contributed by atoms with E-state index < -0.39 is 29.6 Å². The Kier molecular flexibility index (Phi) is 5.28. The molecule has 0 aliphatic heterocycles. The van der Waals surface area contributed by atoms with Crippen molar-refractivity contribution < 1.29 is 23.5 Å². The molecule has 4 nitrogen and oxygen atoms in total. The second-order valence-electron chi connectivity index (χ2n) is 4.82. The van der Waals surface area contributed by atoms with Crippen LogP contribution in [-0.2, 0) is 11.2 Å². The van der Waals surface area contributed by atoms with E-state index in [1.165, 1.54) is 0 Å². The minimum Gasteiger partial charge on any atom is -0.480 e. The second-order valence-corrected chi connectivity index (χ2v) is 5.23. The largest absolute Gasteiger partial charge is 0.480 e. The molecule has 23 heavy (non-hydrogen) atoms. The summed E-state index contributed by atoms with van der Waals surface area (Å²) in [6.07, 6.45) is -0.0570. The first kappa shape index (κ1) is 16.9. The van der Waals surface area contributed by atoms with Crippen molar-refractivity contribution in [3.63, 3.8) is 0 Å². The highest BCUT2D eigenvalue weighted by atomic mass is 35.5. The maximum Gasteiger partial charge on any atom is 0.326 e. The van der Waals surface area contributed by atoms with Gasteiger partial charge in [-0.25, -0.2) is 13.6 Å². The molecule has 0 bridgehead atoms. The van der Waals surface area contributed by atoms with Crippen molar-refractivity contribution in [2.24, 2.45) is 0 Å². The molecular formula is C16H12ClF2NO3. The fraction of sp³-hybridized carbons (Fsp3) is 0.125. The molecule has 0 radical (unpaired) electrons. The highest BCUT2D eigenvalue weighted by molar-refractivity contribution is 6.31. The third-order valence-electron chi connectivity index (χ3n) is 3.11. The quantitative estimate of drug-likeness (QED) is 0.880. The molecule has 0 unspecified atom stereocenters. The molecule has 1 atom stereocenters. The van der Waals surface area contributed by atoms with Gasteiger partial charge in [-0.3, -0.25) is 4.79 Å². The highest BCUT2D eigenvalue weighted by Gasteiger charge is 2.22. The molecule has 7 heteroatoms. The SMILES string of the molecule is O=C(N[C@H](Cc1ccccc1Cl)C(=O)O)c1cc(F)cc(F)c1. The normalized spacial score (nSPS) is 11.8. The molecule has 2 aromatic carbocycles. The molecule has 0 fully saturated rings. The zero-order chi connectivity index (χ0) is 17.0. The van der Waals surface area contributed by atoms with E-state index in [0.29, 0.717) is 16.7 Å². The standard InChI is InChI=1S/C16H12ClF2NO3/c17-13-4-2-1-3-9(13)7-14(16(22)23)20-15(21)10-5-11(18)8-12(19)6-10/h1-6,8,14H,7H2,(H,20,21)(H,22,23)/t14-/m1/s1. The van der Waals surface area contributed by atoms with Crippen LogP contribution in [0.5, 0.6) is 0 Å².